The molecule has 0 bridgehead atoms. The highest BCUT2D eigenvalue weighted by molar-refractivity contribution is 6.19. The maximum absolute atomic E-state index is 12.7. The Labute approximate surface area is 161 Å². The summed E-state index contributed by atoms with van der Waals surface area (Å²) in [4.78, 5) is 37.3. The maximum atomic E-state index is 12.7. The smallest absolute Gasteiger partial charge is 0.338 e. The Balaban J connectivity index is 2.07. The lowest BCUT2D eigenvalue weighted by molar-refractivity contribution is -0.131. The van der Waals surface area contributed by atoms with E-state index < -0.39 is 11.5 Å². The molecule has 1 fully saturated rings. The number of hydrogen-bond donors (Lipinski definition) is 1. The summed E-state index contributed by atoms with van der Waals surface area (Å²) >= 11 is 0. The van der Waals surface area contributed by atoms with Crippen molar-refractivity contribution in [2.45, 2.75) is 58.9 Å². The molecule has 1 aliphatic carbocycles. The second-order valence-electron chi connectivity index (χ2n) is 7.12. The van der Waals surface area contributed by atoms with E-state index in [1.807, 2.05) is 20.8 Å². The second kappa shape index (κ2) is 8.98. The normalized spacial score (nSPS) is 19.1. The van der Waals surface area contributed by atoms with Crippen molar-refractivity contribution in [3.63, 3.8) is 0 Å². The molecule has 1 aliphatic rings. The molecule has 27 heavy (non-hydrogen) atoms. The lowest BCUT2D eigenvalue weighted by Crippen LogP contribution is -2.49. The number of hydrogen-bond acceptors (Lipinski definition) is 5. The Hall–Kier alpha value is -2.43. The van der Waals surface area contributed by atoms with Gasteiger partial charge in [-0.05, 0) is 49.1 Å². The summed E-state index contributed by atoms with van der Waals surface area (Å²) < 4.78 is 5.17. The van der Waals surface area contributed by atoms with Gasteiger partial charge in [0.15, 0.2) is 11.6 Å². The zero-order valence-electron chi connectivity index (χ0n) is 16.5. The molecule has 0 saturated heterocycles. The van der Waals surface area contributed by atoms with Crippen LogP contribution in [0.5, 0.6) is 0 Å². The van der Waals surface area contributed by atoms with Crippen LogP contribution in [0, 0.1) is 5.41 Å². The first-order valence-electron chi connectivity index (χ1n) is 9.68. The van der Waals surface area contributed by atoms with Crippen LogP contribution in [0.4, 0.5) is 5.69 Å². The van der Waals surface area contributed by atoms with Crippen LogP contribution in [0.15, 0.2) is 36.4 Å². The van der Waals surface area contributed by atoms with Gasteiger partial charge in [-0.25, -0.2) is 4.79 Å². The average molecular weight is 371 g/mol. The molecule has 5 heteroatoms. The van der Waals surface area contributed by atoms with Crippen molar-refractivity contribution < 1.29 is 19.1 Å². The molecule has 0 aliphatic heterocycles. The van der Waals surface area contributed by atoms with Gasteiger partial charge >= 0.3 is 5.97 Å². The van der Waals surface area contributed by atoms with E-state index in [1.54, 1.807) is 24.3 Å². The van der Waals surface area contributed by atoms with E-state index in [4.69, 9.17) is 4.74 Å². The molecule has 0 radical (unpaired) electrons. The highest BCUT2D eigenvalue weighted by Gasteiger charge is 2.46. The predicted molar refractivity (Wildman–Crippen MR) is 106 cm³/mol. The average Bonchev–Trinajstić information content (AvgIpc) is 2.68. The lowest BCUT2D eigenvalue weighted by atomic mass is 9.65. The van der Waals surface area contributed by atoms with Gasteiger partial charge in [-0.15, -0.1) is 0 Å². The molecule has 0 heterocycles. The summed E-state index contributed by atoms with van der Waals surface area (Å²) in [5.74, 6) is -0.721. The molecule has 2 rings (SSSR count). The van der Waals surface area contributed by atoms with Crippen LogP contribution in [-0.4, -0.2) is 30.2 Å². The van der Waals surface area contributed by atoms with Crippen LogP contribution >= 0.6 is 0 Å². The fourth-order valence-corrected chi connectivity index (χ4v) is 3.46. The van der Waals surface area contributed by atoms with Gasteiger partial charge in [0.2, 0.25) is 0 Å². The molecule has 1 N–H and O–H groups in total. The van der Waals surface area contributed by atoms with Gasteiger partial charge in [-0.1, -0.05) is 33.8 Å². The number of unbranched alkanes of at least 4 members (excludes halogenated alkanes) is 1. The van der Waals surface area contributed by atoms with E-state index in [1.165, 1.54) is 0 Å². The predicted octanol–water partition coefficient (Wildman–Crippen LogP) is 4.33. The van der Waals surface area contributed by atoms with Crippen LogP contribution in [-0.2, 0) is 14.3 Å². The van der Waals surface area contributed by atoms with Crippen molar-refractivity contribution in [3.05, 3.63) is 42.0 Å². The number of benzene rings is 1. The number of ketones is 2. The minimum Gasteiger partial charge on any atom is -0.462 e. The van der Waals surface area contributed by atoms with Crippen molar-refractivity contribution in [2.75, 3.05) is 11.9 Å². The molecule has 1 atom stereocenters. The molecule has 1 unspecified atom stereocenters. The van der Waals surface area contributed by atoms with Crippen LogP contribution in [0.25, 0.3) is 0 Å². The number of anilines is 1. The Kier molecular flexibility index (Phi) is 6.94. The second-order valence-corrected chi connectivity index (χ2v) is 7.12. The van der Waals surface area contributed by atoms with Crippen LogP contribution in [0.3, 0.4) is 0 Å². The SMILES string of the molecule is C=C1C(=O)C(Nc2ccc(C(=O)OCCCC)cc2)C(=O)CC1(CC)CC. The standard InChI is InChI=1S/C22H29NO4/c1-5-8-13-27-21(26)16-9-11-17(12-10-16)23-19-18(24)14-22(6-2,7-3)15(4)20(19)25/h9-12,19,23H,4-8,13-14H2,1-3H3. The molecule has 0 spiro atoms. The third kappa shape index (κ3) is 4.46. The van der Waals surface area contributed by atoms with Gasteiger partial charge in [0.1, 0.15) is 6.04 Å². The summed E-state index contributed by atoms with van der Waals surface area (Å²) in [5, 5.41) is 3.00. The van der Waals surface area contributed by atoms with Crippen LogP contribution in [0.1, 0.15) is 63.2 Å². The Morgan fingerprint density at radius 1 is 1.19 bits per heavy atom. The summed E-state index contributed by atoms with van der Waals surface area (Å²) in [6, 6.07) is 5.71. The van der Waals surface area contributed by atoms with E-state index in [0.717, 1.165) is 25.7 Å². The quantitative estimate of drug-likeness (QED) is 0.319. The van der Waals surface area contributed by atoms with Crippen LogP contribution in [0.2, 0.25) is 0 Å². The first-order chi connectivity index (χ1) is 12.9. The minimum absolute atomic E-state index is 0.112. The summed E-state index contributed by atoms with van der Waals surface area (Å²) in [5.41, 5.74) is 1.16. The van der Waals surface area contributed by atoms with Crippen LogP contribution < -0.4 is 5.32 Å². The molecule has 0 amide bonds. The monoisotopic (exact) mass is 371 g/mol. The van der Waals surface area contributed by atoms with Crippen molar-refractivity contribution >= 4 is 23.2 Å². The third-order valence-electron chi connectivity index (χ3n) is 5.55. The number of Topliss-reactive ketones (excluding diaryl/α,β-unsaturated/α-hetero) is 2. The number of rotatable bonds is 8. The van der Waals surface area contributed by atoms with Crippen molar-refractivity contribution in [3.8, 4) is 0 Å². The fourth-order valence-electron chi connectivity index (χ4n) is 3.46. The van der Waals surface area contributed by atoms with E-state index in [-0.39, 0.29) is 17.5 Å². The Morgan fingerprint density at radius 3 is 2.37 bits per heavy atom. The van der Waals surface area contributed by atoms with E-state index in [2.05, 4.69) is 11.9 Å². The summed E-state index contributed by atoms with van der Waals surface area (Å²) in [6.45, 7) is 10.4. The topological polar surface area (TPSA) is 72.5 Å². The summed E-state index contributed by atoms with van der Waals surface area (Å²) in [6.07, 6.45) is 3.56. The molecular formula is C22H29NO4. The zero-order chi connectivity index (χ0) is 20.0. The molecule has 1 aromatic rings. The van der Waals surface area contributed by atoms with Gasteiger partial charge in [0.05, 0.1) is 12.2 Å². The first-order valence-corrected chi connectivity index (χ1v) is 9.68. The molecule has 1 saturated carbocycles. The van der Waals surface area contributed by atoms with E-state index in [9.17, 15) is 14.4 Å². The zero-order valence-corrected chi connectivity index (χ0v) is 16.5. The van der Waals surface area contributed by atoms with Gasteiger partial charge in [-0.2, -0.15) is 0 Å². The number of carbonyl (C=O) groups is 3. The number of ether oxygens (including phenoxy) is 1. The number of carbonyl (C=O) groups excluding carboxylic acids is 3. The third-order valence-corrected chi connectivity index (χ3v) is 5.55. The molecular weight excluding hydrogens is 342 g/mol. The van der Waals surface area contributed by atoms with E-state index >= 15 is 0 Å². The largest absolute Gasteiger partial charge is 0.462 e. The molecule has 146 valence electrons. The van der Waals surface area contributed by atoms with Crippen molar-refractivity contribution in [1.82, 2.24) is 0 Å². The highest BCUT2D eigenvalue weighted by atomic mass is 16.5. The molecule has 5 nitrogen and oxygen atoms in total. The minimum atomic E-state index is -0.911. The van der Waals surface area contributed by atoms with Gasteiger partial charge in [-0.3, -0.25) is 9.59 Å². The first kappa shape index (κ1) is 20.9. The Bertz CT molecular complexity index is 716. The summed E-state index contributed by atoms with van der Waals surface area (Å²) in [7, 11) is 0. The Morgan fingerprint density at radius 2 is 1.81 bits per heavy atom. The van der Waals surface area contributed by atoms with Crippen molar-refractivity contribution in [1.29, 1.82) is 0 Å². The molecule has 1 aromatic carbocycles. The van der Waals surface area contributed by atoms with E-state index in [0.29, 0.717) is 29.9 Å². The lowest BCUT2D eigenvalue weighted by Gasteiger charge is -2.39. The maximum Gasteiger partial charge on any atom is 0.338 e. The molecule has 0 aromatic heterocycles. The van der Waals surface area contributed by atoms with Gasteiger partial charge in [0, 0.05) is 17.5 Å². The van der Waals surface area contributed by atoms with Crippen molar-refractivity contribution in [2.24, 2.45) is 5.41 Å². The fraction of sp³-hybridized carbons (Fsp3) is 0.500. The number of esters is 1. The highest BCUT2D eigenvalue weighted by Crippen LogP contribution is 2.42. The van der Waals surface area contributed by atoms with Gasteiger partial charge < -0.3 is 10.1 Å². The van der Waals surface area contributed by atoms with Gasteiger partial charge in [0.25, 0.3) is 0 Å². The number of nitrogens with one attached hydrogen (secondary N) is 1.